The molecule has 0 saturated heterocycles. The van der Waals surface area contributed by atoms with E-state index in [1.807, 2.05) is 5.38 Å². The second-order valence-corrected chi connectivity index (χ2v) is 7.08. The molecule has 2 aromatic rings. The predicted octanol–water partition coefficient (Wildman–Crippen LogP) is 1.52. The van der Waals surface area contributed by atoms with Crippen LogP contribution in [0.15, 0.2) is 40.3 Å². The fourth-order valence-corrected chi connectivity index (χ4v) is 3.10. The van der Waals surface area contributed by atoms with Gasteiger partial charge in [-0.25, -0.2) is 13.1 Å². The Bertz CT molecular complexity index is 568. The van der Waals surface area contributed by atoms with Crippen molar-refractivity contribution in [2.75, 3.05) is 12.3 Å². The molecule has 0 spiro atoms. The molecule has 2 heterocycles. The fraction of sp³-hybridized carbons (Fsp3) is 0.333. The molecule has 2 rings (SSSR count). The molecular weight excluding hydrogens is 286 g/mol. The number of furan rings is 1. The van der Waals surface area contributed by atoms with Gasteiger partial charge in [0.15, 0.2) is 5.60 Å². The van der Waals surface area contributed by atoms with Crippen molar-refractivity contribution in [1.82, 2.24) is 4.72 Å². The summed E-state index contributed by atoms with van der Waals surface area (Å²) in [6.07, 6.45) is 1.45. The molecule has 19 heavy (non-hydrogen) atoms. The number of hydrogen-bond donors (Lipinski definition) is 2. The molecule has 1 atom stereocenters. The Morgan fingerprint density at radius 2 is 2.21 bits per heavy atom. The molecule has 0 aromatic carbocycles. The van der Waals surface area contributed by atoms with Crippen LogP contribution in [0.3, 0.4) is 0 Å². The van der Waals surface area contributed by atoms with Gasteiger partial charge < -0.3 is 9.52 Å². The van der Waals surface area contributed by atoms with Crippen LogP contribution in [-0.2, 0) is 15.6 Å². The first-order valence-corrected chi connectivity index (χ1v) is 8.29. The van der Waals surface area contributed by atoms with Crippen LogP contribution in [0.2, 0.25) is 0 Å². The normalized spacial score (nSPS) is 15.3. The maximum atomic E-state index is 11.5. The minimum atomic E-state index is -3.38. The van der Waals surface area contributed by atoms with Crippen LogP contribution in [0.5, 0.6) is 0 Å². The van der Waals surface area contributed by atoms with Crippen molar-refractivity contribution < 1.29 is 17.9 Å². The summed E-state index contributed by atoms with van der Waals surface area (Å²) in [4.78, 5) is 0.626. The van der Waals surface area contributed by atoms with Crippen LogP contribution in [0.25, 0.3) is 0 Å². The minimum absolute atomic E-state index is 0.0360. The van der Waals surface area contributed by atoms with Crippen molar-refractivity contribution in [2.45, 2.75) is 12.5 Å². The quantitative estimate of drug-likeness (QED) is 0.848. The van der Waals surface area contributed by atoms with Gasteiger partial charge in [-0.1, -0.05) is 6.07 Å². The van der Waals surface area contributed by atoms with E-state index in [4.69, 9.17) is 4.42 Å². The predicted molar refractivity (Wildman–Crippen MR) is 73.5 cm³/mol. The second kappa shape index (κ2) is 5.46. The average Bonchev–Trinajstić information content (AvgIpc) is 3.08. The number of rotatable bonds is 6. The van der Waals surface area contributed by atoms with E-state index in [0.717, 1.165) is 0 Å². The van der Waals surface area contributed by atoms with Gasteiger partial charge in [0.05, 0.1) is 18.6 Å². The molecule has 0 aliphatic carbocycles. The van der Waals surface area contributed by atoms with Crippen molar-refractivity contribution in [3.8, 4) is 0 Å². The Morgan fingerprint density at radius 1 is 1.42 bits per heavy atom. The summed E-state index contributed by atoms with van der Waals surface area (Å²) in [5, 5.41) is 12.6. The standard InChI is InChI=1S/C12H15NO4S2/c1-2-19(15,16)13-9-12(14,10-5-3-7-17-10)11-6-4-8-18-11/h3-8,13-14H,2,9H2,1H3. The lowest BCUT2D eigenvalue weighted by Gasteiger charge is -2.25. The third kappa shape index (κ3) is 3.06. The Morgan fingerprint density at radius 3 is 2.74 bits per heavy atom. The Kier molecular flexibility index (Phi) is 4.10. The fourth-order valence-electron chi connectivity index (χ4n) is 1.64. The third-order valence-corrected chi connectivity index (χ3v) is 5.15. The first-order valence-electron chi connectivity index (χ1n) is 5.75. The van der Waals surface area contributed by atoms with E-state index in [-0.39, 0.29) is 12.3 Å². The van der Waals surface area contributed by atoms with Crippen LogP contribution in [0.4, 0.5) is 0 Å². The van der Waals surface area contributed by atoms with E-state index in [1.165, 1.54) is 17.6 Å². The van der Waals surface area contributed by atoms with Gasteiger partial charge >= 0.3 is 0 Å². The maximum Gasteiger partial charge on any atom is 0.211 e. The molecule has 0 amide bonds. The van der Waals surface area contributed by atoms with E-state index < -0.39 is 15.6 Å². The monoisotopic (exact) mass is 301 g/mol. The largest absolute Gasteiger partial charge is 0.466 e. The van der Waals surface area contributed by atoms with Crippen LogP contribution in [-0.4, -0.2) is 25.8 Å². The molecule has 104 valence electrons. The number of sulfonamides is 1. The minimum Gasteiger partial charge on any atom is -0.466 e. The number of hydrogen-bond acceptors (Lipinski definition) is 5. The highest BCUT2D eigenvalue weighted by Gasteiger charge is 2.36. The highest BCUT2D eigenvalue weighted by molar-refractivity contribution is 7.89. The highest BCUT2D eigenvalue weighted by Crippen LogP contribution is 2.32. The molecule has 0 aliphatic heterocycles. The van der Waals surface area contributed by atoms with Gasteiger partial charge in [-0.2, -0.15) is 0 Å². The molecular formula is C12H15NO4S2. The van der Waals surface area contributed by atoms with Gasteiger partial charge in [0.1, 0.15) is 5.76 Å². The van der Waals surface area contributed by atoms with E-state index >= 15 is 0 Å². The summed E-state index contributed by atoms with van der Waals surface area (Å²) in [6, 6.07) is 6.82. The van der Waals surface area contributed by atoms with Crippen molar-refractivity contribution in [2.24, 2.45) is 0 Å². The lowest BCUT2D eigenvalue weighted by molar-refractivity contribution is 0.0655. The molecule has 2 N–H and O–H groups in total. The average molecular weight is 301 g/mol. The van der Waals surface area contributed by atoms with Gasteiger partial charge in [-0.05, 0) is 30.5 Å². The van der Waals surface area contributed by atoms with Crippen molar-refractivity contribution in [3.05, 3.63) is 46.5 Å². The smallest absolute Gasteiger partial charge is 0.211 e. The third-order valence-electron chi connectivity index (χ3n) is 2.79. The molecule has 5 nitrogen and oxygen atoms in total. The van der Waals surface area contributed by atoms with Gasteiger partial charge in [0.2, 0.25) is 10.0 Å². The molecule has 0 bridgehead atoms. The lowest BCUT2D eigenvalue weighted by atomic mass is 9.99. The van der Waals surface area contributed by atoms with Gasteiger partial charge in [0, 0.05) is 4.88 Å². The van der Waals surface area contributed by atoms with E-state index in [9.17, 15) is 13.5 Å². The van der Waals surface area contributed by atoms with Crippen molar-refractivity contribution in [1.29, 1.82) is 0 Å². The summed E-state index contributed by atoms with van der Waals surface area (Å²) >= 11 is 1.34. The second-order valence-electron chi connectivity index (χ2n) is 4.04. The molecule has 0 saturated carbocycles. The number of thiophene rings is 1. The molecule has 0 fully saturated rings. The zero-order valence-electron chi connectivity index (χ0n) is 10.4. The molecule has 7 heteroatoms. The number of nitrogens with one attached hydrogen (secondary N) is 1. The van der Waals surface area contributed by atoms with Gasteiger partial charge in [-0.3, -0.25) is 0 Å². The number of aliphatic hydroxyl groups is 1. The molecule has 0 radical (unpaired) electrons. The SMILES string of the molecule is CCS(=O)(=O)NCC(O)(c1ccco1)c1cccs1. The summed E-state index contributed by atoms with van der Waals surface area (Å²) in [5.41, 5.74) is -1.49. The van der Waals surface area contributed by atoms with Crippen LogP contribution < -0.4 is 4.72 Å². The maximum absolute atomic E-state index is 11.5. The lowest BCUT2D eigenvalue weighted by Crippen LogP contribution is -2.41. The summed E-state index contributed by atoms with van der Waals surface area (Å²) in [7, 11) is -3.38. The summed E-state index contributed by atoms with van der Waals surface area (Å²) in [5.74, 6) is 0.278. The Balaban J connectivity index is 2.31. The van der Waals surface area contributed by atoms with E-state index in [2.05, 4.69) is 4.72 Å². The zero-order valence-corrected chi connectivity index (χ0v) is 12.0. The van der Waals surface area contributed by atoms with E-state index in [1.54, 1.807) is 31.2 Å². The van der Waals surface area contributed by atoms with Crippen LogP contribution in [0, 0.1) is 0 Å². The molecule has 0 aliphatic rings. The zero-order chi connectivity index (χ0) is 13.9. The van der Waals surface area contributed by atoms with Gasteiger partial charge in [0.25, 0.3) is 0 Å². The highest BCUT2D eigenvalue weighted by atomic mass is 32.2. The molecule has 2 aromatic heterocycles. The topological polar surface area (TPSA) is 79.5 Å². The van der Waals surface area contributed by atoms with Crippen molar-refractivity contribution in [3.63, 3.8) is 0 Å². The van der Waals surface area contributed by atoms with Crippen molar-refractivity contribution >= 4 is 21.4 Å². The van der Waals surface area contributed by atoms with Crippen LogP contribution in [0.1, 0.15) is 17.6 Å². The van der Waals surface area contributed by atoms with E-state index in [0.29, 0.717) is 10.6 Å². The first kappa shape index (κ1) is 14.3. The Hall–Kier alpha value is -1.15. The Labute approximate surface area is 115 Å². The van der Waals surface area contributed by atoms with Crippen LogP contribution >= 0.6 is 11.3 Å². The molecule has 1 unspecified atom stereocenters. The summed E-state index contributed by atoms with van der Waals surface area (Å²) < 4.78 is 30.7. The first-order chi connectivity index (χ1) is 8.98. The summed E-state index contributed by atoms with van der Waals surface area (Å²) in [6.45, 7) is 1.39. The van der Waals surface area contributed by atoms with Gasteiger partial charge in [-0.15, -0.1) is 11.3 Å².